The number of nitriles is 1. The third-order valence-corrected chi connectivity index (χ3v) is 3.26. The van der Waals surface area contributed by atoms with Crippen LogP contribution in [0.4, 0.5) is 0 Å². The Hall–Kier alpha value is -0.860. The van der Waals surface area contributed by atoms with Crippen LogP contribution in [0.2, 0.25) is 0 Å². The molecular formula is C9H13BrN4. The summed E-state index contributed by atoms with van der Waals surface area (Å²) < 4.78 is 2.90. The van der Waals surface area contributed by atoms with Gasteiger partial charge in [-0.15, -0.1) is 0 Å². The van der Waals surface area contributed by atoms with Gasteiger partial charge in [-0.25, -0.2) is 0 Å². The summed E-state index contributed by atoms with van der Waals surface area (Å²) in [6.07, 6.45) is 0.630. The quantitative estimate of drug-likeness (QED) is 0.892. The maximum Gasteiger partial charge on any atom is 0.0945 e. The number of aromatic nitrogens is 2. The van der Waals surface area contributed by atoms with E-state index >= 15 is 0 Å². The zero-order valence-electron chi connectivity index (χ0n) is 8.29. The van der Waals surface area contributed by atoms with Crippen molar-refractivity contribution >= 4 is 15.9 Å². The molecule has 0 aliphatic heterocycles. The maximum absolute atomic E-state index is 8.53. The summed E-state index contributed by atoms with van der Waals surface area (Å²) in [6, 6.07) is 1.60. The molecule has 4 nitrogen and oxygen atoms in total. The monoisotopic (exact) mass is 256 g/mol. The summed E-state index contributed by atoms with van der Waals surface area (Å²) in [5, 5.41) is 12.8. The van der Waals surface area contributed by atoms with E-state index in [2.05, 4.69) is 21.0 Å². The second kappa shape index (κ2) is 4.58. The zero-order valence-corrected chi connectivity index (χ0v) is 9.87. The second-order valence-electron chi connectivity index (χ2n) is 3.23. The zero-order chi connectivity index (χ0) is 10.7. The third-order valence-electron chi connectivity index (χ3n) is 2.11. The largest absolute Gasteiger partial charge is 0.316 e. The van der Waals surface area contributed by atoms with Gasteiger partial charge in [-0.05, 0) is 36.2 Å². The molecule has 1 heterocycles. The number of nitrogens with zero attached hydrogens (tertiary/aromatic N) is 3. The molecule has 1 rings (SSSR count). The molecule has 14 heavy (non-hydrogen) atoms. The Morgan fingerprint density at radius 2 is 2.29 bits per heavy atom. The fraction of sp³-hybridized carbons (Fsp3) is 0.556. The van der Waals surface area contributed by atoms with E-state index in [9.17, 15) is 0 Å². The molecule has 0 fully saturated rings. The Labute approximate surface area is 91.8 Å². The fourth-order valence-corrected chi connectivity index (χ4v) is 1.50. The van der Waals surface area contributed by atoms with Crippen LogP contribution in [-0.4, -0.2) is 15.8 Å². The summed E-state index contributed by atoms with van der Waals surface area (Å²) in [5.74, 6) is 0. The van der Waals surface area contributed by atoms with Crippen molar-refractivity contribution in [1.82, 2.24) is 9.78 Å². The number of rotatable bonds is 3. The van der Waals surface area contributed by atoms with Gasteiger partial charge in [0, 0.05) is 12.2 Å². The summed E-state index contributed by atoms with van der Waals surface area (Å²) in [5.41, 5.74) is 7.54. The van der Waals surface area contributed by atoms with Gasteiger partial charge < -0.3 is 5.73 Å². The van der Waals surface area contributed by atoms with Crippen molar-refractivity contribution in [3.8, 4) is 6.07 Å². The standard InChI is InChI=1S/C9H13BrN4/c1-6-9(10)7(2)14(13-6)4-3-8(12)5-11/h8H,3-4,12H2,1-2H3. The molecule has 0 amide bonds. The van der Waals surface area contributed by atoms with Crippen LogP contribution in [0.5, 0.6) is 0 Å². The lowest BCUT2D eigenvalue weighted by Gasteiger charge is -2.05. The van der Waals surface area contributed by atoms with Gasteiger partial charge in [0.25, 0.3) is 0 Å². The minimum atomic E-state index is -0.405. The van der Waals surface area contributed by atoms with E-state index in [4.69, 9.17) is 11.0 Å². The minimum Gasteiger partial charge on any atom is -0.316 e. The van der Waals surface area contributed by atoms with Gasteiger partial charge >= 0.3 is 0 Å². The van der Waals surface area contributed by atoms with E-state index in [1.807, 2.05) is 24.6 Å². The van der Waals surface area contributed by atoms with Crippen LogP contribution in [0.15, 0.2) is 4.47 Å². The average Bonchev–Trinajstić information content (AvgIpc) is 2.42. The van der Waals surface area contributed by atoms with Crippen LogP contribution in [0.25, 0.3) is 0 Å². The van der Waals surface area contributed by atoms with Crippen LogP contribution >= 0.6 is 15.9 Å². The number of hydrogen-bond donors (Lipinski definition) is 1. The molecule has 0 aliphatic rings. The van der Waals surface area contributed by atoms with Gasteiger partial charge in [0.15, 0.2) is 0 Å². The SMILES string of the molecule is Cc1nn(CCC(N)C#N)c(C)c1Br. The molecule has 1 aromatic rings. The van der Waals surface area contributed by atoms with E-state index in [-0.39, 0.29) is 0 Å². The first-order valence-corrected chi connectivity index (χ1v) is 5.20. The Kier molecular flexibility index (Phi) is 3.67. The van der Waals surface area contributed by atoms with Crippen LogP contribution in [0, 0.1) is 25.2 Å². The Morgan fingerprint density at radius 1 is 1.64 bits per heavy atom. The van der Waals surface area contributed by atoms with Crippen molar-refractivity contribution in [2.75, 3.05) is 0 Å². The maximum atomic E-state index is 8.53. The summed E-state index contributed by atoms with van der Waals surface area (Å²) >= 11 is 3.44. The van der Waals surface area contributed by atoms with Crippen molar-refractivity contribution in [2.45, 2.75) is 32.9 Å². The van der Waals surface area contributed by atoms with Gasteiger partial charge in [-0.2, -0.15) is 10.4 Å². The summed E-state index contributed by atoms with van der Waals surface area (Å²) in [4.78, 5) is 0. The van der Waals surface area contributed by atoms with Gasteiger partial charge in [0.05, 0.1) is 22.3 Å². The summed E-state index contributed by atoms with van der Waals surface area (Å²) in [6.45, 7) is 4.62. The molecule has 0 aromatic carbocycles. The Bertz CT molecular complexity index is 364. The van der Waals surface area contributed by atoms with Crippen LogP contribution in [0.1, 0.15) is 17.8 Å². The topological polar surface area (TPSA) is 67.6 Å². The van der Waals surface area contributed by atoms with Crippen LogP contribution in [0.3, 0.4) is 0 Å². The number of halogens is 1. The molecule has 2 N–H and O–H groups in total. The molecule has 0 bridgehead atoms. The van der Waals surface area contributed by atoms with Gasteiger partial charge in [0.2, 0.25) is 0 Å². The molecule has 0 saturated heterocycles. The summed E-state index contributed by atoms with van der Waals surface area (Å²) in [7, 11) is 0. The van der Waals surface area contributed by atoms with Crippen LogP contribution in [-0.2, 0) is 6.54 Å². The molecular weight excluding hydrogens is 244 g/mol. The Balaban J connectivity index is 2.69. The van der Waals surface area contributed by atoms with Crippen molar-refractivity contribution in [3.63, 3.8) is 0 Å². The fourth-order valence-electron chi connectivity index (χ4n) is 1.22. The highest BCUT2D eigenvalue weighted by molar-refractivity contribution is 9.10. The molecule has 76 valence electrons. The number of nitrogens with two attached hydrogens (primary N) is 1. The lowest BCUT2D eigenvalue weighted by atomic mass is 10.2. The van der Waals surface area contributed by atoms with Crippen LogP contribution < -0.4 is 5.73 Å². The number of hydrogen-bond acceptors (Lipinski definition) is 3. The first-order chi connectivity index (χ1) is 6.56. The van der Waals surface area contributed by atoms with Crippen molar-refractivity contribution in [1.29, 1.82) is 5.26 Å². The van der Waals surface area contributed by atoms with Gasteiger partial charge in [-0.3, -0.25) is 4.68 Å². The highest BCUT2D eigenvalue weighted by atomic mass is 79.9. The van der Waals surface area contributed by atoms with E-state index < -0.39 is 6.04 Å². The molecule has 1 aromatic heterocycles. The Morgan fingerprint density at radius 3 is 2.71 bits per heavy atom. The molecule has 1 unspecified atom stereocenters. The van der Waals surface area contributed by atoms with E-state index in [1.165, 1.54) is 0 Å². The van der Waals surface area contributed by atoms with E-state index in [0.29, 0.717) is 13.0 Å². The van der Waals surface area contributed by atoms with Crippen molar-refractivity contribution in [2.24, 2.45) is 5.73 Å². The van der Waals surface area contributed by atoms with Gasteiger partial charge in [-0.1, -0.05) is 0 Å². The molecule has 5 heteroatoms. The molecule has 0 spiro atoms. The van der Waals surface area contributed by atoms with E-state index in [0.717, 1.165) is 15.9 Å². The van der Waals surface area contributed by atoms with Crippen molar-refractivity contribution < 1.29 is 0 Å². The third kappa shape index (κ3) is 2.34. The average molecular weight is 257 g/mol. The first kappa shape index (κ1) is 11.2. The van der Waals surface area contributed by atoms with Crippen molar-refractivity contribution in [3.05, 3.63) is 15.9 Å². The molecule has 1 atom stereocenters. The lowest BCUT2D eigenvalue weighted by Crippen LogP contribution is -2.20. The second-order valence-corrected chi connectivity index (χ2v) is 4.03. The molecule has 0 radical (unpaired) electrons. The normalized spacial score (nSPS) is 12.5. The highest BCUT2D eigenvalue weighted by Gasteiger charge is 2.09. The first-order valence-electron chi connectivity index (χ1n) is 4.41. The molecule has 0 saturated carbocycles. The smallest absolute Gasteiger partial charge is 0.0945 e. The predicted octanol–water partition coefficient (Wildman–Crippen LogP) is 1.50. The predicted molar refractivity (Wildman–Crippen MR) is 57.6 cm³/mol. The minimum absolute atomic E-state index is 0.405. The highest BCUT2D eigenvalue weighted by Crippen LogP contribution is 2.19. The lowest BCUT2D eigenvalue weighted by molar-refractivity contribution is 0.540. The van der Waals surface area contributed by atoms with E-state index in [1.54, 1.807) is 0 Å². The number of aryl methyl sites for hydroxylation is 2. The molecule has 0 aliphatic carbocycles. The van der Waals surface area contributed by atoms with Gasteiger partial charge in [0.1, 0.15) is 0 Å².